The number of amides is 2. The Hall–Kier alpha value is -3.15. The van der Waals surface area contributed by atoms with E-state index in [2.05, 4.69) is 15.3 Å². The number of nitrogens with zero attached hydrogens (tertiary/aromatic N) is 2. The van der Waals surface area contributed by atoms with Gasteiger partial charge in [-0.15, -0.1) is 0 Å². The van der Waals surface area contributed by atoms with E-state index in [0.717, 1.165) is 22.3 Å². The fourth-order valence-corrected chi connectivity index (χ4v) is 3.26. The van der Waals surface area contributed by atoms with Crippen molar-refractivity contribution in [3.05, 3.63) is 59.9 Å². The number of imidazole rings is 1. The summed E-state index contributed by atoms with van der Waals surface area (Å²) in [5, 5.41) is 2.89. The molecule has 2 amide bonds. The Labute approximate surface area is 151 Å². The minimum Gasteiger partial charge on any atom is -0.349 e. The number of aromatic nitrogens is 2. The Morgan fingerprint density at radius 3 is 2.77 bits per heavy atom. The molecule has 2 aromatic carbocycles. The molecule has 6 nitrogen and oxygen atoms in total. The van der Waals surface area contributed by atoms with Gasteiger partial charge in [-0.1, -0.05) is 29.8 Å². The maximum atomic E-state index is 12.5. The Balaban J connectivity index is 1.39. The maximum Gasteiger partial charge on any atom is 0.227 e. The first-order valence-corrected chi connectivity index (χ1v) is 8.68. The number of benzene rings is 2. The van der Waals surface area contributed by atoms with Gasteiger partial charge in [-0.3, -0.25) is 9.59 Å². The molecular weight excluding hydrogens is 328 g/mol. The molecule has 4 rings (SSSR count). The van der Waals surface area contributed by atoms with Gasteiger partial charge in [-0.2, -0.15) is 0 Å². The van der Waals surface area contributed by atoms with E-state index >= 15 is 0 Å². The highest BCUT2D eigenvalue weighted by Gasteiger charge is 2.35. The Morgan fingerprint density at radius 1 is 1.23 bits per heavy atom. The monoisotopic (exact) mass is 348 g/mol. The van der Waals surface area contributed by atoms with Crippen molar-refractivity contribution in [3.63, 3.8) is 0 Å². The summed E-state index contributed by atoms with van der Waals surface area (Å²) in [5.74, 6) is 0.235. The lowest BCUT2D eigenvalue weighted by atomic mass is 10.1. The first-order valence-electron chi connectivity index (χ1n) is 8.68. The van der Waals surface area contributed by atoms with Crippen molar-refractivity contribution in [2.24, 2.45) is 5.92 Å². The van der Waals surface area contributed by atoms with Crippen LogP contribution in [0.1, 0.15) is 17.8 Å². The second kappa shape index (κ2) is 6.63. The van der Waals surface area contributed by atoms with Crippen LogP contribution in [0.25, 0.3) is 11.0 Å². The molecule has 1 aliphatic rings. The number of para-hydroxylation sites is 2. The van der Waals surface area contributed by atoms with Crippen molar-refractivity contribution >= 4 is 28.5 Å². The van der Waals surface area contributed by atoms with E-state index in [-0.39, 0.29) is 24.2 Å². The summed E-state index contributed by atoms with van der Waals surface area (Å²) in [7, 11) is 0. The maximum absolute atomic E-state index is 12.5. The fourth-order valence-electron chi connectivity index (χ4n) is 3.26. The topological polar surface area (TPSA) is 78.1 Å². The fraction of sp³-hybridized carbons (Fsp3) is 0.250. The van der Waals surface area contributed by atoms with Gasteiger partial charge in [-0.05, 0) is 31.2 Å². The van der Waals surface area contributed by atoms with E-state index in [1.165, 1.54) is 0 Å². The molecule has 2 heterocycles. The summed E-state index contributed by atoms with van der Waals surface area (Å²) in [6.45, 7) is 2.74. The minimum atomic E-state index is -0.340. The van der Waals surface area contributed by atoms with Gasteiger partial charge < -0.3 is 15.2 Å². The zero-order valence-electron chi connectivity index (χ0n) is 14.5. The van der Waals surface area contributed by atoms with Crippen LogP contribution in [-0.4, -0.2) is 28.3 Å². The van der Waals surface area contributed by atoms with Gasteiger partial charge in [0, 0.05) is 18.7 Å². The molecule has 2 N–H and O–H groups in total. The van der Waals surface area contributed by atoms with Gasteiger partial charge in [0.05, 0.1) is 23.5 Å². The van der Waals surface area contributed by atoms with Crippen molar-refractivity contribution in [1.82, 2.24) is 15.3 Å². The molecule has 0 saturated carbocycles. The number of aromatic amines is 1. The quantitative estimate of drug-likeness (QED) is 0.760. The molecule has 26 heavy (non-hydrogen) atoms. The van der Waals surface area contributed by atoms with Gasteiger partial charge in [0.1, 0.15) is 5.82 Å². The molecule has 0 bridgehead atoms. The molecule has 0 aliphatic carbocycles. The summed E-state index contributed by atoms with van der Waals surface area (Å²) < 4.78 is 0. The number of hydrogen-bond donors (Lipinski definition) is 2. The minimum absolute atomic E-state index is 0.0160. The second-order valence-corrected chi connectivity index (χ2v) is 6.66. The molecule has 1 aromatic heterocycles. The molecule has 1 fully saturated rings. The summed E-state index contributed by atoms with van der Waals surface area (Å²) in [6, 6.07) is 15.5. The number of aryl methyl sites for hydroxylation is 1. The van der Waals surface area contributed by atoms with Crippen LogP contribution in [0.4, 0.5) is 5.69 Å². The lowest BCUT2D eigenvalue weighted by Gasteiger charge is -2.16. The van der Waals surface area contributed by atoms with Crippen LogP contribution in [0.5, 0.6) is 0 Å². The third-order valence-corrected chi connectivity index (χ3v) is 4.71. The van der Waals surface area contributed by atoms with E-state index in [4.69, 9.17) is 0 Å². The molecule has 3 aromatic rings. The van der Waals surface area contributed by atoms with Crippen molar-refractivity contribution < 1.29 is 9.59 Å². The van der Waals surface area contributed by atoms with Gasteiger partial charge in [-0.25, -0.2) is 4.98 Å². The summed E-state index contributed by atoms with van der Waals surface area (Å²) >= 11 is 0. The third-order valence-electron chi connectivity index (χ3n) is 4.71. The van der Waals surface area contributed by atoms with Gasteiger partial charge in [0.2, 0.25) is 11.8 Å². The molecule has 1 unspecified atom stereocenters. The summed E-state index contributed by atoms with van der Waals surface area (Å²) in [6.07, 6.45) is 0.236. The molecule has 1 saturated heterocycles. The molecule has 0 radical (unpaired) electrons. The highest BCUT2D eigenvalue weighted by molar-refractivity contribution is 6.00. The van der Waals surface area contributed by atoms with Crippen molar-refractivity contribution in [2.75, 3.05) is 11.4 Å². The zero-order valence-corrected chi connectivity index (χ0v) is 14.5. The highest BCUT2D eigenvalue weighted by atomic mass is 16.2. The normalized spacial score (nSPS) is 17.0. The average molecular weight is 348 g/mol. The molecule has 1 atom stereocenters. The SMILES string of the molecule is Cc1ccc(N2CC(C(=O)NCc3nc4ccccc4[nH]3)CC2=O)cc1. The number of anilines is 1. The van der Waals surface area contributed by atoms with Gasteiger partial charge in [0.15, 0.2) is 0 Å². The first kappa shape index (κ1) is 16.3. The molecule has 1 aliphatic heterocycles. The first-order chi connectivity index (χ1) is 12.6. The van der Waals surface area contributed by atoms with Crippen LogP contribution >= 0.6 is 0 Å². The van der Waals surface area contributed by atoms with Gasteiger partial charge >= 0.3 is 0 Å². The van der Waals surface area contributed by atoms with Crippen molar-refractivity contribution in [1.29, 1.82) is 0 Å². The molecular formula is C20H20N4O2. The number of hydrogen-bond acceptors (Lipinski definition) is 3. The number of carbonyl (C=O) groups excluding carboxylic acids is 2. The third kappa shape index (κ3) is 3.18. The van der Waals surface area contributed by atoms with Crippen molar-refractivity contribution in [2.45, 2.75) is 19.9 Å². The van der Waals surface area contributed by atoms with E-state index < -0.39 is 0 Å². The van der Waals surface area contributed by atoms with E-state index in [1.807, 2.05) is 55.5 Å². The van der Waals surface area contributed by atoms with Crippen LogP contribution in [-0.2, 0) is 16.1 Å². The number of nitrogens with one attached hydrogen (secondary N) is 2. The number of fused-ring (bicyclic) bond motifs is 1. The Morgan fingerprint density at radius 2 is 2.00 bits per heavy atom. The predicted molar refractivity (Wildman–Crippen MR) is 99.6 cm³/mol. The van der Waals surface area contributed by atoms with Crippen LogP contribution in [0.2, 0.25) is 0 Å². The number of rotatable bonds is 4. The number of H-pyrrole nitrogens is 1. The van der Waals surface area contributed by atoms with Crippen molar-refractivity contribution in [3.8, 4) is 0 Å². The second-order valence-electron chi connectivity index (χ2n) is 6.66. The van der Waals surface area contributed by atoms with E-state index in [1.54, 1.807) is 4.90 Å². The van der Waals surface area contributed by atoms with Gasteiger partial charge in [0.25, 0.3) is 0 Å². The predicted octanol–water partition coefficient (Wildman–Crippen LogP) is 2.54. The van der Waals surface area contributed by atoms with Crippen LogP contribution in [0, 0.1) is 12.8 Å². The van der Waals surface area contributed by atoms with Crippen LogP contribution in [0.3, 0.4) is 0 Å². The summed E-state index contributed by atoms with van der Waals surface area (Å²) in [4.78, 5) is 34.1. The number of carbonyl (C=O) groups is 2. The zero-order chi connectivity index (χ0) is 18.1. The van der Waals surface area contributed by atoms with Crippen LogP contribution < -0.4 is 10.2 Å². The highest BCUT2D eigenvalue weighted by Crippen LogP contribution is 2.25. The standard InChI is InChI=1S/C20H20N4O2/c1-13-6-8-15(9-7-13)24-12-14(10-19(24)25)20(26)21-11-18-22-16-4-2-3-5-17(16)23-18/h2-9,14H,10-12H2,1H3,(H,21,26)(H,22,23). The Kier molecular flexibility index (Phi) is 4.16. The largest absolute Gasteiger partial charge is 0.349 e. The van der Waals surface area contributed by atoms with E-state index in [9.17, 15) is 9.59 Å². The lowest BCUT2D eigenvalue weighted by Crippen LogP contribution is -2.32. The summed E-state index contributed by atoms with van der Waals surface area (Å²) in [5.41, 5.74) is 3.80. The van der Waals surface area contributed by atoms with E-state index in [0.29, 0.717) is 18.9 Å². The molecule has 0 spiro atoms. The average Bonchev–Trinajstić information content (AvgIpc) is 3.23. The van der Waals surface area contributed by atoms with Crippen LogP contribution in [0.15, 0.2) is 48.5 Å². The Bertz CT molecular complexity index is 928. The smallest absolute Gasteiger partial charge is 0.227 e. The lowest BCUT2D eigenvalue weighted by molar-refractivity contribution is -0.126. The molecule has 132 valence electrons. The molecule has 6 heteroatoms.